The van der Waals surface area contributed by atoms with Gasteiger partial charge in [-0.25, -0.2) is 9.13 Å². The van der Waals surface area contributed by atoms with E-state index in [1.165, 1.54) is 308 Å². The molecule has 654 valence electrons. The molecule has 0 bridgehead atoms. The van der Waals surface area contributed by atoms with Gasteiger partial charge in [-0.1, -0.05) is 440 Å². The van der Waals surface area contributed by atoms with E-state index in [0.717, 1.165) is 102 Å². The lowest BCUT2D eigenvalue weighted by Crippen LogP contribution is -2.30. The molecular weight excluding hydrogens is 1430 g/mol. The van der Waals surface area contributed by atoms with Crippen LogP contribution >= 0.6 is 15.6 Å². The number of esters is 4. The van der Waals surface area contributed by atoms with Crippen LogP contribution in [0.25, 0.3) is 0 Å². The van der Waals surface area contributed by atoms with E-state index in [1.807, 2.05) is 0 Å². The van der Waals surface area contributed by atoms with Crippen molar-refractivity contribution in [3.63, 3.8) is 0 Å². The number of hydrogen-bond donors (Lipinski definition) is 3. The molecule has 3 unspecified atom stereocenters. The van der Waals surface area contributed by atoms with Crippen molar-refractivity contribution in [2.75, 3.05) is 39.6 Å². The third kappa shape index (κ3) is 82.6. The van der Waals surface area contributed by atoms with Crippen molar-refractivity contribution in [1.29, 1.82) is 0 Å². The smallest absolute Gasteiger partial charge is 0.462 e. The Morgan fingerprint density at radius 3 is 0.691 bits per heavy atom. The number of hydrogen-bond acceptors (Lipinski definition) is 15. The Hall–Kier alpha value is -1.94. The SMILES string of the molecule is CCCCCCCCCCCCCCCCCCCCC(=O)O[C@H](COC(=O)CCCCCCCCCCCCC)COP(=O)(O)OC[C@H](O)COP(=O)(O)OC[C@@H](COC(=O)CCCCCCCCCCCCCCCCCCC(C)C)OC(=O)CCCCCCCCCCCCCCCCCCCCC(C)CC. The first-order valence-electron chi connectivity index (χ1n) is 47.0. The quantitative estimate of drug-likeness (QED) is 0.0222. The van der Waals surface area contributed by atoms with E-state index in [1.54, 1.807) is 0 Å². The molecule has 3 N–H and O–H groups in total. The second-order valence-electron chi connectivity index (χ2n) is 33.4. The van der Waals surface area contributed by atoms with Gasteiger partial charge in [0.25, 0.3) is 0 Å². The molecular formula is C91H178O17P2. The van der Waals surface area contributed by atoms with Gasteiger partial charge in [-0.05, 0) is 37.5 Å². The van der Waals surface area contributed by atoms with Crippen LogP contribution in [0.2, 0.25) is 0 Å². The Bertz CT molecular complexity index is 2100. The number of rotatable bonds is 90. The number of aliphatic hydroxyl groups excluding tert-OH is 1. The lowest BCUT2D eigenvalue weighted by molar-refractivity contribution is -0.161. The summed E-state index contributed by atoms with van der Waals surface area (Å²) in [6.45, 7) is 9.80. The number of phosphoric ester groups is 2. The minimum atomic E-state index is -4.97. The third-order valence-corrected chi connectivity index (χ3v) is 23.7. The van der Waals surface area contributed by atoms with Crippen molar-refractivity contribution in [2.24, 2.45) is 11.8 Å². The predicted octanol–water partition coefficient (Wildman–Crippen LogP) is 28.2. The van der Waals surface area contributed by atoms with Gasteiger partial charge >= 0.3 is 39.5 Å². The molecule has 0 aliphatic carbocycles. The van der Waals surface area contributed by atoms with E-state index in [4.69, 9.17) is 37.0 Å². The Labute approximate surface area is 677 Å². The molecule has 0 radical (unpaired) electrons. The summed E-state index contributed by atoms with van der Waals surface area (Å²) in [5, 5.41) is 10.7. The second-order valence-corrected chi connectivity index (χ2v) is 36.3. The van der Waals surface area contributed by atoms with Crippen molar-refractivity contribution in [3.05, 3.63) is 0 Å². The van der Waals surface area contributed by atoms with Gasteiger partial charge in [0, 0.05) is 25.7 Å². The summed E-state index contributed by atoms with van der Waals surface area (Å²) in [6, 6.07) is 0. The van der Waals surface area contributed by atoms with Gasteiger partial charge in [0.2, 0.25) is 0 Å². The van der Waals surface area contributed by atoms with Crippen LogP contribution in [0.3, 0.4) is 0 Å². The van der Waals surface area contributed by atoms with E-state index in [2.05, 4.69) is 41.5 Å². The summed E-state index contributed by atoms with van der Waals surface area (Å²) in [7, 11) is -9.93. The number of ether oxygens (including phenoxy) is 4. The first kappa shape index (κ1) is 108. The van der Waals surface area contributed by atoms with Crippen molar-refractivity contribution in [2.45, 2.75) is 509 Å². The fourth-order valence-electron chi connectivity index (χ4n) is 14.3. The third-order valence-electron chi connectivity index (χ3n) is 21.8. The number of carbonyl (C=O) groups excluding carboxylic acids is 4. The molecule has 0 fully saturated rings. The molecule has 0 aliphatic heterocycles. The lowest BCUT2D eigenvalue weighted by Gasteiger charge is -2.21. The molecule has 0 aliphatic rings. The van der Waals surface area contributed by atoms with Gasteiger partial charge in [0.05, 0.1) is 26.4 Å². The molecule has 0 amide bonds. The lowest BCUT2D eigenvalue weighted by atomic mass is 9.99. The fraction of sp³-hybridized carbons (Fsp3) is 0.956. The van der Waals surface area contributed by atoms with Crippen LogP contribution in [-0.4, -0.2) is 96.7 Å². The van der Waals surface area contributed by atoms with Crippen LogP contribution in [0.4, 0.5) is 0 Å². The molecule has 0 aromatic heterocycles. The molecule has 19 heteroatoms. The Morgan fingerprint density at radius 1 is 0.264 bits per heavy atom. The molecule has 0 heterocycles. The number of carbonyl (C=O) groups is 4. The highest BCUT2D eigenvalue weighted by Gasteiger charge is 2.31. The maximum atomic E-state index is 13.2. The highest BCUT2D eigenvalue weighted by atomic mass is 31.2. The predicted molar refractivity (Wildman–Crippen MR) is 455 cm³/mol. The van der Waals surface area contributed by atoms with Crippen molar-refractivity contribution >= 4 is 39.5 Å². The van der Waals surface area contributed by atoms with Gasteiger partial charge in [-0.15, -0.1) is 0 Å². The number of unbranched alkanes of at least 4 members (excludes halogenated alkanes) is 59. The van der Waals surface area contributed by atoms with Crippen LogP contribution in [0, 0.1) is 11.8 Å². The fourth-order valence-corrected chi connectivity index (χ4v) is 15.9. The molecule has 0 aromatic carbocycles. The van der Waals surface area contributed by atoms with E-state index < -0.39 is 97.5 Å². The first-order chi connectivity index (χ1) is 53.4. The number of phosphoric acid groups is 2. The topological polar surface area (TPSA) is 237 Å². The molecule has 0 rings (SSSR count). The van der Waals surface area contributed by atoms with Gasteiger partial charge in [-0.3, -0.25) is 37.3 Å². The Morgan fingerprint density at radius 2 is 0.464 bits per heavy atom. The standard InChI is InChI=1S/C91H178O17P2/c1-7-10-12-14-16-18-20-21-22-23-27-34-39-45-51-57-63-69-75-90(95)107-86(79-101-88(93)73-67-61-55-49-41-19-17-15-13-11-8-2)81-105-109(97,98)103-77-85(92)78-104-110(99,100)106-82-87(80-102-89(94)74-68-62-56-50-44-38-33-30-29-31-36-42-47-53-59-65-71-83(4)5)108-91(96)76-70-64-58-52-46-40-35-28-25-24-26-32-37-43-48-54-60-66-72-84(6)9-3/h83-87,92H,7-82H2,1-6H3,(H,97,98)(H,99,100)/t84?,85-,86+,87+/m0/s1. The zero-order valence-corrected chi connectivity index (χ0v) is 74.4. The van der Waals surface area contributed by atoms with Gasteiger partial charge in [-0.2, -0.15) is 0 Å². The monoisotopic (exact) mass is 1610 g/mol. The summed E-state index contributed by atoms with van der Waals surface area (Å²) in [4.78, 5) is 73.4. The largest absolute Gasteiger partial charge is 0.472 e. The molecule has 0 spiro atoms. The summed E-state index contributed by atoms with van der Waals surface area (Å²) >= 11 is 0. The summed E-state index contributed by atoms with van der Waals surface area (Å²) in [6.07, 6.45) is 76.3. The van der Waals surface area contributed by atoms with E-state index in [0.29, 0.717) is 25.7 Å². The minimum absolute atomic E-state index is 0.109. The molecule has 6 atom stereocenters. The Balaban J connectivity index is 5.23. The normalized spacial score (nSPS) is 14.0. The zero-order valence-electron chi connectivity index (χ0n) is 72.6. The summed E-state index contributed by atoms with van der Waals surface area (Å²) < 4.78 is 69.1. The van der Waals surface area contributed by atoms with Crippen LogP contribution < -0.4 is 0 Å². The van der Waals surface area contributed by atoms with Gasteiger partial charge in [0.15, 0.2) is 12.2 Å². The second kappa shape index (κ2) is 82.2. The summed E-state index contributed by atoms with van der Waals surface area (Å²) in [5.41, 5.74) is 0. The van der Waals surface area contributed by atoms with Crippen LogP contribution in [-0.2, 0) is 65.4 Å². The minimum Gasteiger partial charge on any atom is -0.462 e. The number of aliphatic hydroxyl groups is 1. The summed E-state index contributed by atoms with van der Waals surface area (Å²) in [5.74, 6) is -0.411. The van der Waals surface area contributed by atoms with Crippen molar-refractivity contribution in [3.8, 4) is 0 Å². The van der Waals surface area contributed by atoms with Crippen molar-refractivity contribution < 1.29 is 80.2 Å². The average molecular weight is 1610 g/mol. The first-order valence-corrected chi connectivity index (χ1v) is 50.0. The highest BCUT2D eigenvalue weighted by Crippen LogP contribution is 2.45. The van der Waals surface area contributed by atoms with Crippen LogP contribution in [0.15, 0.2) is 0 Å². The Kier molecular flexibility index (Phi) is 80.7. The molecule has 0 saturated carbocycles. The van der Waals surface area contributed by atoms with E-state index >= 15 is 0 Å². The van der Waals surface area contributed by atoms with Crippen molar-refractivity contribution in [1.82, 2.24) is 0 Å². The van der Waals surface area contributed by atoms with Gasteiger partial charge in [0.1, 0.15) is 19.3 Å². The van der Waals surface area contributed by atoms with E-state index in [9.17, 15) is 43.2 Å². The van der Waals surface area contributed by atoms with Gasteiger partial charge < -0.3 is 33.8 Å². The van der Waals surface area contributed by atoms with Crippen LogP contribution in [0.5, 0.6) is 0 Å². The molecule has 110 heavy (non-hydrogen) atoms. The molecule has 0 aromatic rings. The molecule has 0 saturated heterocycles. The van der Waals surface area contributed by atoms with Crippen LogP contribution in [0.1, 0.15) is 491 Å². The maximum Gasteiger partial charge on any atom is 0.472 e. The average Bonchev–Trinajstić information content (AvgIpc) is 0.899. The highest BCUT2D eigenvalue weighted by molar-refractivity contribution is 7.47. The van der Waals surface area contributed by atoms with E-state index in [-0.39, 0.29) is 25.7 Å². The molecule has 17 nitrogen and oxygen atoms in total. The maximum absolute atomic E-state index is 13.2. The zero-order chi connectivity index (χ0) is 80.6.